The first-order chi connectivity index (χ1) is 10.6. The van der Waals surface area contributed by atoms with Crippen molar-refractivity contribution < 1.29 is 8.42 Å². The minimum absolute atomic E-state index is 0. The van der Waals surface area contributed by atoms with Crippen LogP contribution in [-0.2, 0) is 16.4 Å². The van der Waals surface area contributed by atoms with Crippen LogP contribution in [0.3, 0.4) is 0 Å². The third-order valence-corrected chi connectivity index (χ3v) is 5.46. The van der Waals surface area contributed by atoms with E-state index >= 15 is 0 Å². The van der Waals surface area contributed by atoms with E-state index in [9.17, 15) is 8.42 Å². The smallest absolute Gasteiger partial charge is 0.240 e. The summed E-state index contributed by atoms with van der Waals surface area (Å²) in [6, 6.07) is 15.1. The maximum atomic E-state index is 12.4. The van der Waals surface area contributed by atoms with Crippen molar-refractivity contribution in [2.24, 2.45) is 0 Å². The van der Waals surface area contributed by atoms with E-state index in [1.54, 1.807) is 12.1 Å². The van der Waals surface area contributed by atoms with Gasteiger partial charge in [0.05, 0.1) is 4.90 Å². The monoisotopic (exact) mass is 352 g/mol. The van der Waals surface area contributed by atoms with Crippen molar-refractivity contribution >= 4 is 22.4 Å². The highest BCUT2D eigenvalue weighted by atomic mass is 35.5. The Morgan fingerprint density at radius 2 is 1.83 bits per heavy atom. The van der Waals surface area contributed by atoms with Gasteiger partial charge in [0.1, 0.15) is 0 Å². The number of rotatable bonds is 4. The zero-order valence-corrected chi connectivity index (χ0v) is 14.6. The normalized spacial score (nSPS) is 17.2. The summed E-state index contributed by atoms with van der Waals surface area (Å²) in [7, 11) is -3.47. The number of nitrogens with one attached hydrogen (secondary N) is 2. The third-order valence-electron chi connectivity index (χ3n) is 4.02. The molecule has 1 atom stereocenters. The van der Waals surface area contributed by atoms with E-state index < -0.39 is 10.0 Å². The van der Waals surface area contributed by atoms with Gasteiger partial charge in [-0.15, -0.1) is 12.4 Å². The lowest BCUT2D eigenvalue weighted by Crippen LogP contribution is -2.38. The average molecular weight is 353 g/mol. The van der Waals surface area contributed by atoms with Crippen LogP contribution in [0, 0.1) is 6.92 Å². The summed E-state index contributed by atoms with van der Waals surface area (Å²) in [5.41, 5.74) is 3.52. The molecule has 124 valence electrons. The second-order valence-electron chi connectivity index (χ2n) is 5.62. The lowest BCUT2D eigenvalue weighted by atomic mass is 9.95. The second-order valence-corrected chi connectivity index (χ2v) is 7.39. The number of aryl methyl sites for hydroxylation is 1. The summed E-state index contributed by atoms with van der Waals surface area (Å²) in [5.74, 6) is 0. The molecular weight excluding hydrogens is 332 g/mol. The Morgan fingerprint density at radius 1 is 1.13 bits per heavy atom. The predicted octanol–water partition coefficient (Wildman–Crippen LogP) is 2.58. The van der Waals surface area contributed by atoms with Gasteiger partial charge in [-0.2, -0.15) is 0 Å². The largest absolute Gasteiger partial charge is 0.308 e. The maximum Gasteiger partial charge on any atom is 0.240 e. The highest BCUT2D eigenvalue weighted by Gasteiger charge is 2.22. The number of sulfonamides is 1. The van der Waals surface area contributed by atoms with Crippen molar-refractivity contribution in [3.63, 3.8) is 0 Å². The van der Waals surface area contributed by atoms with Crippen molar-refractivity contribution in [2.45, 2.75) is 24.3 Å². The molecule has 2 aromatic carbocycles. The summed E-state index contributed by atoms with van der Waals surface area (Å²) in [4.78, 5) is 0.308. The molecule has 1 unspecified atom stereocenters. The zero-order chi connectivity index (χ0) is 15.6. The highest BCUT2D eigenvalue weighted by molar-refractivity contribution is 7.89. The molecule has 2 aromatic rings. The molecule has 4 nitrogen and oxygen atoms in total. The molecule has 0 bridgehead atoms. The number of hydrogen-bond acceptors (Lipinski definition) is 3. The summed E-state index contributed by atoms with van der Waals surface area (Å²) < 4.78 is 27.4. The van der Waals surface area contributed by atoms with Crippen molar-refractivity contribution in [1.29, 1.82) is 0 Å². The molecule has 0 amide bonds. The van der Waals surface area contributed by atoms with Crippen LogP contribution in [0.2, 0.25) is 0 Å². The molecular formula is C17H21ClN2O2S. The van der Waals surface area contributed by atoms with Crippen LogP contribution in [0.4, 0.5) is 0 Å². The summed E-state index contributed by atoms with van der Waals surface area (Å²) in [5, 5.41) is 3.38. The van der Waals surface area contributed by atoms with Gasteiger partial charge in [0, 0.05) is 12.6 Å². The summed E-state index contributed by atoms with van der Waals surface area (Å²) >= 11 is 0. The molecule has 0 aliphatic carbocycles. The maximum absolute atomic E-state index is 12.4. The van der Waals surface area contributed by atoms with Gasteiger partial charge in [-0.25, -0.2) is 13.1 Å². The number of benzene rings is 2. The van der Waals surface area contributed by atoms with Crippen LogP contribution in [0.25, 0.3) is 0 Å². The van der Waals surface area contributed by atoms with Gasteiger partial charge in [-0.05, 0) is 43.1 Å². The van der Waals surface area contributed by atoms with Crippen molar-refractivity contribution in [3.8, 4) is 0 Å². The number of halogens is 1. The van der Waals surface area contributed by atoms with Gasteiger partial charge in [-0.3, -0.25) is 0 Å². The molecule has 0 saturated carbocycles. The van der Waals surface area contributed by atoms with Gasteiger partial charge >= 0.3 is 0 Å². The molecule has 23 heavy (non-hydrogen) atoms. The number of fused-ring (bicyclic) bond motifs is 1. The van der Waals surface area contributed by atoms with Gasteiger partial charge in [0.15, 0.2) is 0 Å². The fraction of sp³-hybridized carbons (Fsp3) is 0.294. The van der Waals surface area contributed by atoms with E-state index in [1.165, 1.54) is 11.1 Å². The molecule has 1 heterocycles. The standard InChI is InChI=1S/C17H20N2O2S.ClH/c1-13-6-8-15(9-7-13)22(20,21)19-12-17-16-5-3-2-4-14(16)10-11-18-17;/h2-9,17-19H,10-12H2,1H3;1H. The SMILES string of the molecule is Cc1ccc(S(=O)(=O)NCC2NCCc3ccccc32)cc1.Cl. The lowest BCUT2D eigenvalue weighted by molar-refractivity contribution is 0.491. The van der Waals surface area contributed by atoms with E-state index in [4.69, 9.17) is 0 Å². The van der Waals surface area contributed by atoms with Gasteiger partial charge < -0.3 is 5.32 Å². The minimum atomic E-state index is -3.47. The third kappa shape index (κ3) is 4.12. The van der Waals surface area contributed by atoms with Gasteiger partial charge in [0.2, 0.25) is 10.0 Å². The molecule has 2 N–H and O–H groups in total. The van der Waals surface area contributed by atoms with E-state index in [0.29, 0.717) is 11.4 Å². The van der Waals surface area contributed by atoms with Crippen LogP contribution in [-0.4, -0.2) is 21.5 Å². The first kappa shape index (κ1) is 17.9. The number of hydrogen-bond donors (Lipinski definition) is 2. The molecule has 0 fully saturated rings. The van der Waals surface area contributed by atoms with Crippen LogP contribution in [0.1, 0.15) is 22.7 Å². The van der Waals surface area contributed by atoms with Crippen LogP contribution in [0.15, 0.2) is 53.4 Å². The fourth-order valence-corrected chi connectivity index (χ4v) is 3.82. The Bertz CT molecular complexity index is 760. The van der Waals surface area contributed by atoms with Crippen molar-refractivity contribution in [1.82, 2.24) is 10.0 Å². The quantitative estimate of drug-likeness (QED) is 0.889. The Labute approximate surface area is 143 Å². The van der Waals surface area contributed by atoms with Crippen LogP contribution >= 0.6 is 12.4 Å². The zero-order valence-electron chi connectivity index (χ0n) is 13.0. The molecule has 0 spiro atoms. The highest BCUT2D eigenvalue weighted by Crippen LogP contribution is 2.22. The first-order valence-corrected chi connectivity index (χ1v) is 8.92. The summed E-state index contributed by atoms with van der Waals surface area (Å²) in [6.07, 6.45) is 0.984. The molecule has 0 radical (unpaired) electrons. The van der Waals surface area contributed by atoms with E-state index in [2.05, 4.69) is 22.2 Å². The van der Waals surface area contributed by atoms with Crippen LogP contribution in [0.5, 0.6) is 0 Å². The Hall–Kier alpha value is -1.40. The molecule has 1 aliphatic heterocycles. The van der Waals surface area contributed by atoms with E-state index in [1.807, 2.05) is 31.2 Å². The molecule has 0 saturated heterocycles. The van der Waals surface area contributed by atoms with Gasteiger partial charge in [0.25, 0.3) is 0 Å². The Kier molecular flexibility index (Phi) is 5.81. The van der Waals surface area contributed by atoms with E-state index in [-0.39, 0.29) is 18.4 Å². The second kappa shape index (κ2) is 7.45. The molecule has 1 aliphatic rings. The van der Waals surface area contributed by atoms with E-state index in [0.717, 1.165) is 18.5 Å². The fourth-order valence-electron chi connectivity index (χ4n) is 2.77. The Morgan fingerprint density at radius 3 is 2.57 bits per heavy atom. The minimum Gasteiger partial charge on any atom is -0.308 e. The predicted molar refractivity (Wildman–Crippen MR) is 94.5 cm³/mol. The van der Waals surface area contributed by atoms with Crippen molar-refractivity contribution in [2.75, 3.05) is 13.1 Å². The summed E-state index contributed by atoms with van der Waals surface area (Å²) in [6.45, 7) is 3.16. The topological polar surface area (TPSA) is 58.2 Å². The first-order valence-electron chi connectivity index (χ1n) is 7.44. The average Bonchev–Trinajstić information content (AvgIpc) is 2.53. The lowest BCUT2D eigenvalue weighted by Gasteiger charge is -2.27. The van der Waals surface area contributed by atoms with Crippen LogP contribution < -0.4 is 10.0 Å². The molecule has 3 rings (SSSR count). The van der Waals surface area contributed by atoms with Gasteiger partial charge in [-0.1, -0.05) is 42.0 Å². The Balaban J connectivity index is 0.00000192. The molecule has 0 aromatic heterocycles. The molecule has 6 heteroatoms. The van der Waals surface area contributed by atoms with Crippen molar-refractivity contribution in [3.05, 3.63) is 65.2 Å².